The predicted octanol–water partition coefficient (Wildman–Crippen LogP) is 1.55. The Morgan fingerprint density at radius 3 is 2.58 bits per heavy atom. The normalized spacial score (nSPS) is 17.8. The molecule has 1 aromatic carbocycles. The van der Waals surface area contributed by atoms with Crippen LogP contribution in [-0.4, -0.2) is 32.0 Å². The molecule has 102 valence electrons. The molecule has 0 amide bonds. The summed E-state index contributed by atoms with van der Waals surface area (Å²) in [7, 11) is 1.56. The van der Waals surface area contributed by atoms with Gasteiger partial charge in [0.1, 0.15) is 0 Å². The van der Waals surface area contributed by atoms with Gasteiger partial charge in [0, 0.05) is 17.3 Å². The van der Waals surface area contributed by atoms with Gasteiger partial charge in [-0.3, -0.25) is 0 Å². The molecule has 1 fully saturated rings. The van der Waals surface area contributed by atoms with Crippen LogP contribution >= 0.6 is 0 Å². The maximum absolute atomic E-state index is 5.78. The molecule has 0 aromatic heterocycles. The van der Waals surface area contributed by atoms with E-state index in [9.17, 15) is 0 Å². The summed E-state index contributed by atoms with van der Waals surface area (Å²) in [6.45, 7) is 2.16. The first-order chi connectivity index (χ1) is 9.29. The van der Waals surface area contributed by atoms with E-state index in [1.807, 2.05) is 24.3 Å². The van der Waals surface area contributed by atoms with Gasteiger partial charge in [0.25, 0.3) is 0 Å². The van der Waals surface area contributed by atoms with Gasteiger partial charge in [-0.15, -0.1) is 5.10 Å². The van der Waals surface area contributed by atoms with Gasteiger partial charge in [-0.2, -0.15) is 5.11 Å². The van der Waals surface area contributed by atoms with Gasteiger partial charge in [-0.05, 0) is 55.4 Å². The maximum Gasteiger partial charge on any atom is 0.155 e. The summed E-state index contributed by atoms with van der Waals surface area (Å²) in [4.78, 5) is 0. The highest BCUT2D eigenvalue weighted by molar-refractivity contribution is 5.97. The highest BCUT2D eigenvalue weighted by atomic mass is 15.4. The van der Waals surface area contributed by atoms with E-state index < -0.39 is 0 Å². The Morgan fingerprint density at radius 1 is 1.26 bits per heavy atom. The minimum Gasteiger partial charge on any atom is -0.382 e. The molecule has 4 N–H and O–H groups in total. The molecule has 6 nitrogen and oxygen atoms in total. The molecule has 0 spiro atoms. The van der Waals surface area contributed by atoms with Crippen molar-refractivity contribution in [1.29, 1.82) is 0 Å². The standard InChI is InChI=1S/C13H20N6/c1-15-19-18-13(14)10-2-4-11(5-3-10)17-12-6-8-16-9-7-12/h2-5,12,16-17H,6-9H2,1H3,(H2,14,15,18). The average molecular weight is 260 g/mol. The van der Waals surface area contributed by atoms with Crippen LogP contribution in [0.2, 0.25) is 0 Å². The van der Waals surface area contributed by atoms with Crippen LogP contribution in [0.5, 0.6) is 0 Å². The largest absolute Gasteiger partial charge is 0.382 e. The van der Waals surface area contributed by atoms with Crippen molar-refractivity contribution in [2.24, 2.45) is 21.2 Å². The van der Waals surface area contributed by atoms with Gasteiger partial charge >= 0.3 is 0 Å². The zero-order valence-corrected chi connectivity index (χ0v) is 11.1. The van der Waals surface area contributed by atoms with Gasteiger partial charge in [-0.25, -0.2) is 0 Å². The summed E-state index contributed by atoms with van der Waals surface area (Å²) in [6, 6.07) is 8.46. The number of nitrogens with one attached hydrogen (secondary N) is 2. The van der Waals surface area contributed by atoms with E-state index in [4.69, 9.17) is 5.73 Å². The lowest BCUT2D eigenvalue weighted by Gasteiger charge is -2.24. The maximum atomic E-state index is 5.78. The molecule has 1 aliphatic heterocycles. The minimum atomic E-state index is 0.374. The fourth-order valence-electron chi connectivity index (χ4n) is 2.09. The summed E-state index contributed by atoms with van der Waals surface area (Å²) in [5.74, 6) is 0.374. The third-order valence-electron chi connectivity index (χ3n) is 3.13. The monoisotopic (exact) mass is 260 g/mol. The second-order valence-corrected chi connectivity index (χ2v) is 4.52. The molecule has 1 saturated heterocycles. The van der Waals surface area contributed by atoms with Crippen LogP contribution in [0.25, 0.3) is 0 Å². The van der Waals surface area contributed by atoms with E-state index in [-0.39, 0.29) is 0 Å². The van der Waals surface area contributed by atoms with Crippen molar-refractivity contribution in [2.75, 3.05) is 25.5 Å². The summed E-state index contributed by atoms with van der Waals surface area (Å²) >= 11 is 0. The molecule has 0 radical (unpaired) electrons. The molecule has 0 aliphatic carbocycles. The average Bonchev–Trinajstić information content (AvgIpc) is 2.46. The van der Waals surface area contributed by atoms with Crippen molar-refractivity contribution >= 4 is 11.5 Å². The Labute approximate surface area is 113 Å². The molecule has 6 heteroatoms. The Bertz CT molecular complexity index is 445. The van der Waals surface area contributed by atoms with Gasteiger partial charge < -0.3 is 16.4 Å². The Balaban J connectivity index is 1.97. The number of nitrogens with zero attached hydrogens (tertiary/aromatic N) is 3. The lowest BCUT2D eigenvalue weighted by molar-refractivity contribution is 0.479. The van der Waals surface area contributed by atoms with Crippen LogP contribution < -0.4 is 16.4 Å². The topological polar surface area (TPSA) is 87.2 Å². The summed E-state index contributed by atoms with van der Waals surface area (Å²) in [5, 5.41) is 17.7. The molecule has 2 rings (SSSR count). The number of benzene rings is 1. The number of piperidine rings is 1. The van der Waals surface area contributed by atoms with Crippen LogP contribution in [0.4, 0.5) is 5.69 Å². The highest BCUT2D eigenvalue weighted by Crippen LogP contribution is 2.14. The van der Waals surface area contributed by atoms with Gasteiger partial charge in [0.15, 0.2) is 5.84 Å². The minimum absolute atomic E-state index is 0.374. The lowest BCUT2D eigenvalue weighted by Crippen LogP contribution is -2.35. The molecule has 1 aromatic rings. The number of amidine groups is 1. The first-order valence-corrected chi connectivity index (χ1v) is 6.49. The summed E-state index contributed by atoms with van der Waals surface area (Å²) < 4.78 is 0. The van der Waals surface area contributed by atoms with Crippen molar-refractivity contribution in [2.45, 2.75) is 18.9 Å². The molecule has 19 heavy (non-hydrogen) atoms. The summed E-state index contributed by atoms with van der Waals surface area (Å²) in [6.07, 6.45) is 2.31. The third kappa shape index (κ3) is 4.03. The van der Waals surface area contributed by atoms with E-state index in [1.165, 1.54) is 0 Å². The number of anilines is 1. The van der Waals surface area contributed by atoms with E-state index in [1.54, 1.807) is 7.05 Å². The molecule has 0 unspecified atom stereocenters. The van der Waals surface area contributed by atoms with Crippen LogP contribution in [-0.2, 0) is 0 Å². The fraction of sp³-hybridized carbons (Fsp3) is 0.462. The van der Waals surface area contributed by atoms with E-state index in [0.29, 0.717) is 11.9 Å². The zero-order chi connectivity index (χ0) is 13.5. The van der Waals surface area contributed by atoms with E-state index in [2.05, 4.69) is 26.1 Å². The number of nitrogens with two attached hydrogens (primary N) is 1. The summed E-state index contributed by atoms with van der Waals surface area (Å²) in [5.41, 5.74) is 7.74. The molecule has 0 saturated carbocycles. The molecule has 0 atom stereocenters. The Hall–Kier alpha value is -1.95. The first-order valence-electron chi connectivity index (χ1n) is 6.49. The van der Waals surface area contributed by atoms with Gasteiger partial charge in [0.05, 0.1) is 7.05 Å². The quantitative estimate of drug-likeness (QED) is 0.332. The van der Waals surface area contributed by atoms with Gasteiger partial charge in [-0.1, -0.05) is 0 Å². The molecular weight excluding hydrogens is 240 g/mol. The van der Waals surface area contributed by atoms with Crippen LogP contribution in [0, 0.1) is 0 Å². The highest BCUT2D eigenvalue weighted by Gasteiger charge is 2.12. The first kappa shape index (κ1) is 13.5. The van der Waals surface area contributed by atoms with Crippen LogP contribution in [0.3, 0.4) is 0 Å². The van der Waals surface area contributed by atoms with E-state index >= 15 is 0 Å². The second kappa shape index (κ2) is 6.84. The van der Waals surface area contributed by atoms with Crippen molar-refractivity contribution in [3.05, 3.63) is 29.8 Å². The Morgan fingerprint density at radius 2 is 1.95 bits per heavy atom. The second-order valence-electron chi connectivity index (χ2n) is 4.52. The zero-order valence-electron chi connectivity index (χ0n) is 11.1. The van der Waals surface area contributed by atoms with Gasteiger partial charge in [0.2, 0.25) is 0 Å². The number of rotatable bonds is 4. The Kier molecular flexibility index (Phi) is 4.85. The smallest absolute Gasteiger partial charge is 0.155 e. The predicted molar refractivity (Wildman–Crippen MR) is 77.5 cm³/mol. The molecule has 1 heterocycles. The van der Waals surface area contributed by atoms with Crippen molar-refractivity contribution in [3.8, 4) is 0 Å². The fourth-order valence-corrected chi connectivity index (χ4v) is 2.09. The lowest BCUT2D eigenvalue weighted by atomic mass is 10.1. The molecular formula is C13H20N6. The molecule has 1 aliphatic rings. The van der Waals surface area contributed by atoms with Crippen molar-refractivity contribution in [3.63, 3.8) is 0 Å². The van der Waals surface area contributed by atoms with E-state index in [0.717, 1.165) is 37.2 Å². The van der Waals surface area contributed by atoms with Crippen molar-refractivity contribution in [1.82, 2.24) is 5.32 Å². The molecule has 0 bridgehead atoms. The van der Waals surface area contributed by atoms with Crippen LogP contribution in [0.15, 0.2) is 39.7 Å². The number of hydrogen-bond donors (Lipinski definition) is 3. The van der Waals surface area contributed by atoms with Crippen molar-refractivity contribution < 1.29 is 0 Å². The SMILES string of the molecule is CN=NN=C(N)c1ccc(NC2CCNCC2)cc1. The van der Waals surface area contributed by atoms with Crippen LogP contribution in [0.1, 0.15) is 18.4 Å². The number of hydrogen-bond acceptors (Lipinski definition) is 4. The third-order valence-corrected chi connectivity index (χ3v) is 3.13.